The number of nitrogens with zero attached hydrogens (tertiary/aromatic N) is 2. The zero-order valence-corrected chi connectivity index (χ0v) is 9.58. The average Bonchev–Trinajstić information content (AvgIpc) is 2.33. The van der Waals surface area contributed by atoms with Gasteiger partial charge in [-0.05, 0) is 18.2 Å². The fourth-order valence-electron chi connectivity index (χ4n) is 1.50. The summed E-state index contributed by atoms with van der Waals surface area (Å²) in [6.07, 6.45) is 0.198. The molecule has 1 aromatic carbocycles. The summed E-state index contributed by atoms with van der Waals surface area (Å²) in [5, 5.41) is 8.82. The third kappa shape index (κ3) is 2.43. The van der Waals surface area contributed by atoms with Crippen molar-refractivity contribution in [3.8, 4) is 17.3 Å². The first kappa shape index (κ1) is 11.6. The lowest BCUT2D eigenvalue weighted by Gasteiger charge is -2.05. The van der Waals surface area contributed by atoms with Crippen LogP contribution in [-0.4, -0.2) is 4.98 Å². The van der Waals surface area contributed by atoms with Crippen LogP contribution in [0.2, 0.25) is 5.15 Å². The van der Waals surface area contributed by atoms with Gasteiger partial charge in [0.2, 0.25) is 0 Å². The summed E-state index contributed by atoms with van der Waals surface area (Å²) in [7, 11) is 0. The quantitative estimate of drug-likeness (QED) is 0.759. The molecule has 0 radical (unpaired) electrons. The number of pyridine rings is 1. The van der Waals surface area contributed by atoms with Crippen molar-refractivity contribution in [2.24, 2.45) is 0 Å². The largest absolute Gasteiger partial charge is 0.236 e. The molecule has 2 rings (SSSR count). The van der Waals surface area contributed by atoms with E-state index in [1.807, 2.05) is 6.07 Å². The highest BCUT2D eigenvalue weighted by Crippen LogP contribution is 2.24. The molecule has 0 atom stereocenters. The van der Waals surface area contributed by atoms with Crippen molar-refractivity contribution in [1.82, 2.24) is 4.98 Å². The molecule has 4 heteroatoms. The van der Waals surface area contributed by atoms with E-state index in [4.69, 9.17) is 16.9 Å². The van der Waals surface area contributed by atoms with E-state index in [0.717, 1.165) is 0 Å². The molecule has 0 spiro atoms. The smallest absolute Gasteiger partial charge is 0.133 e. The molecule has 0 aliphatic carbocycles. The first-order valence-corrected chi connectivity index (χ1v) is 5.37. The summed E-state index contributed by atoms with van der Waals surface area (Å²) in [4.78, 5) is 4.10. The summed E-state index contributed by atoms with van der Waals surface area (Å²) in [6, 6.07) is 11.7. The molecule has 0 N–H and O–H groups in total. The minimum atomic E-state index is -0.343. The molecule has 0 unspecified atom stereocenters. The molecule has 0 fully saturated rings. The zero-order valence-electron chi connectivity index (χ0n) is 8.82. The van der Waals surface area contributed by atoms with E-state index in [-0.39, 0.29) is 17.4 Å². The van der Waals surface area contributed by atoms with E-state index in [1.165, 1.54) is 6.07 Å². The highest BCUT2D eigenvalue weighted by molar-refractivity contribution is 6.30. The lowest BCUT2D eigenvalue weighted by Crippen LogP contribution is -1.92. The van der Waals surface area contributed by atoms with Gasteiger partial charge in [-0.1, -0.05) is 29.8 Å². The summed E-state index contributed by atoms with van der Waals surface area (Å²) >= 11 is 5.93. The molecule has 0 saturated heterocycles. The van der Waals surface area contributed by atoms with Gasteiger partial charge in [0.15, 0.2) is 0 Å². The van der Waals surface area contributed by atoms with Gasteiger partial charge in [0.1, 0.15) is 11.0 Å². The predicted molar refractivity (Wildman–Crippen MR) is 64.0 cm³/mol. The normalized spacial score (nSPS) is 9.94. The van der Waals surface area contributed by atoms with Crippen molar-refractivity contribution in [1.29, 1.82) is 5.26 Å². The highest BCUT2D eigenvalue weighted by Gasteiger charge is 2.08. The number of nitriles is 1. The maximum Gasteiger partial charge on any atom is 0.133 e. The number of benzene rings is 1. The second-order valence-corrected chi connectivity index (χ2v) is 3.82. The Bertz CT molecular complexity index is 590. The first-order chi connectivity index (χ1) is 8.22. The second-order valence-electron chi connectivity index (χ2n) is 3.46. The van der Waals surface area contributed by atoms with Gasteiger partial charge in [0.25, 0.3) is 0 Å². The molecule has 2 aromatic rings. The summed E-state index contributed by atoms with van der Waals surface area (Å²) in [5.74, 6) is -0.343. The number of halogens is 2. The van der Waals surface area contributed by atoms with Crippen LogP contribution in [0.1, 0.15) is 5.56 Å². The van der Waals surface area contributed by atoms with E-state index in [0.29, 0.717) is 16.8 Å². The van der Waals surface area contributed by atoms with E-state index < -0.39 is 0 Å². The summed E-state index contributed by atoms with van der Waals surface area (Å²) in [5.41, 5.74) is 1.52. The van der Waals surface area contributed by atoms with Gasteiger partial charge < -0.3 is 0 Å². The van der Waals surface area contributed by atoms with Gasteiger partial charge in [0, 0.05) is 11.1 Å². The van der Waals surface area contributed by atoms with Crippen molar-refractivity contribution in [3.05, 3.63) is 52.9 Å². The van der Waals surface area contributed by atoms with Gasteiger partial charge in [-0.3, -0.25) is 0 Å². The topological polar surface area (TPSA) is 36.7 Å². The van der Waals surface area contributed by atoms with Crippen molar-refractivity contribution < 1.29 is 4.39 Å². The minimum Gasteiger partial charge on any atom is -0.236 e. The van der Waals surface area contributed by atoms with Crippen LogP contribution in [0.15, 0.2) is 36.4 Å². The van der Waals surface area contributed by atoms with Gasteiger partial charge in [-0.2, -0.15) is 5.26 Å². The fraction of sp³-hybridized carbons (Fsp3) is 0.0769. The predicted octanol–water partition coefficient (Wildman–Crippen LogP) is 3.61. The molecule has 0 aliphatic heterocycles. The van der Waals surface area contributed by atoms with Crippen LogP contribution < -0.4 is 0 Å². The Kier molecular flexibility index (Phi) is 3.36. The van der Waals surface area contributed by atoms with Gasteiger partial charge >= 0.3 is 0 Å². The molecular weight excluding hydrogens is 239 g/mol. The molecule has 84 valence electrons. The molecule has 0 aliphatic rings. The maximum absolute atomic E-state index is 13.5. The number of hydrogen-bond acceptors (Lipinski definition) is 2. The van der Waals surface area contributed by atoms with Crippen LogP contribution in [0.5, 0.6) is 0 Å². The van der Waals surface area contributed by atoms with Crippen LogP contribution in [-0.2, 0) is 6.42 Å². The molecule has 1 heterocycles. The summed E-state index contributed by atoms with van der Waals surface area (Å²) in [6.45, 7) is 0. The first-order valence-electron chi connectivity index (χ1n) is 4.99. The van der Waals surface area contributed by atoms with Crippen molar-refractivity contribution in [2.45, 2.75) is 6.42 Å². The maximum atomic E-state index is 13.5. The molecule has 1 aromatic heterocycles. The third-order valence-corrected chi connectivity index (χ3v) is 2.67. The van der Waals surface area contributed by atoms with Crippen molar-refractivity contribution >= 4 is 11.6 Å². The van der Waals surface area contributed by atoms with Crippen LogP contribution in [0, 0.1) is 17.1 Å². The molecule has 0 bridgehead atoms. The molecule has 0 amide bonds. The lowest BCUT2D eigenvalue weighted by atomic mass is 10.1. The number of aromatic nitrogens is 1. The van der Waals surface area contributed by atoms with Gasteiger partial charge in [0.05, 0.1) is 18.2 Å². The highest BCUT2D eigenvalue weighted by atomic mass is 35.5. The minimum absolute atomic E-state index is 0.198. The second kappa shape index (κ2) is 4.94. The van der Waals surface area contributed by atoms with Crippen molar-refractivity contribution in [2.75, 3.05) is 0 Å². The van der Waals surface area contributed by atoms with E-state index in [1.54, 1.807) is 30.3 Å². The number of rotatable bonds is 2. The standard InChI is InChI=1S/C13H8ClFN2/c14-13-9(7-8-16)5-6-12(17-13)10-3-1-2-4-11(10)15/h1-6H,7H2. The Hall–Kier alpha value is -1.92. The number of hydrogen-bond donors (Lipinski definition) is 0. The van der Waals surface area contributed by atoms with Crippen molar-refractivity contribution in [3.63, 3.8) is 0 Å². The SMILES string of the molecule is N#CCc1ccc(-c2ccccc2F)nc1Cl. The Labute approximate surface area is 103 Å². The Morgan fingerprint density at radius 2 is 2.00 bits per heavy atom. The van der Waals surface area contributed by atoms with E-state index in [2.05, 4.69) is 4.98 Å². The van der Waals surface area contributed by atoms with Gasteiger partial charge in [-0.15, -0.1) is 0 Å². The van der Waals surface area contributed by atoms with Crippen LogP contribution >= 0.6 is 11.6 Å². The van der Waals surface area contributed by atoms with Crippen LogP contribution in [0.3, 0.4) is 0 Å². The zero-order chi connectivity index (χ0) is 12.3. The van der Waals surface area contributed by atoms with Crippen LogP contribution in [0.25, 0.3) is 11.3 Å². The van der Waals surface area contributed by atoms with E-state index in [9.17, 15) is 4.39 Å². The molecule has 17 heavy (non-hydrogen) atoms. The Morgan fingerprint density at radius 1 is 1.24 bits per heavy atom. The van der Waals surface area contributed by atoms with Crippen LogP contribution in [0.4, 0.5) is 4.39 Å². The summed E-state index contributed by atoms with van der Waals surface area (Å²) < 4.78 is 13.5. The van der Waals surface area contributed by atoms with E-state index >= 15 is 0 Å². The Morgan fingerprint density at radius 3 is 2.65 bits per heavy atom. The lowest BCUT2D eigenvalue weighted by molar-refractivity contribution is 0.630. The fourth-order valence-corrected chi connectivity index (χ4v) is 1.72. The average molecular weight is 247 g/mol. The van der Waals surface area contributed by atoms with Gasteiger partial charge in [-0.25, -0.2) is 9.37 Å². The monoisotopic (exact) mass is 246 g/mol. The molecule has 0 saturated carbocycles. The molecular formula is C13H8ClFN2. The third-order valence-electron chi connectivity index (χ3n) is 2.35. The Balaban J connectivity index is 2.46. The molecule has 2 nitrogen and oxygen atoms in total.